The Morgan fingerprint density at radius 3 is 2.15 bits per heavy atom. The minimum absolute atomic E-state index is 0.253. The second-order valence-electron chi connectivity index (χ2n) is 3.89. The van der Waals surface area contributed by atoms with Gasteiger partial charge in [0.25, 0.3) is 0 Å². The summed E-state index contributed by atoms with van der Waals surface area (Å²) in [6.45, 7) is 0. The van der Waals surface area contributed by atoms with E-state index < -0.39 is 12.0 Å². The van der Waals surface area contributed by atoms with Crippen LogP contribution in [0.25, 0.3) is 0 Å². The molecule has 0 aromatic heterocycles. The number of carbonyl (C=O) groups is 2. The van der Waals surface area contributed by atoms with Crippen molar-refractivity contribution >= 4 is 12.4 Å². The van der Waals surface area contributed by atoms with Crippen molar-refractivity contribution in [3.63, 3.8) is 0 Å². The van der Waals surface area contributed by atoms with Crippen molar-refractivity contribution in [3.8, 4) is 17.2 Å². The first-order chi connectivity index (χ1) is 9.57. The third-order valence-electron chi connectivity index (χ3n) is 2.74. The molecule has 7 nitrogen and oxygen atoms in total. The van der Waals surface area contributed by atoms with E-state index in [1.807, 2.05) is 0 Å². The molecule has 1 atom stereocenters. The van der Waals surface area contributed by atoms with Crippen LogP contribution in [0.5, 0.6) is 17.2 Å². The standard InChI is InChI=1S/C13H17NO6/c1-18-10-4-8(5-11(19-2)13(10)20-3)9(14-7-15)6-12(16)17/h4-5,7,9H,6H2,1-3H3,(H,14,15)(H,16,17)/t9-/m1/s1. The van der Waals surface area contributed by atoms with Crippen LogP contribution in [0, 0.1) is 0 Å². The van der Waals surface area contributed by atoms with Crippen LogP contribution in [-0.2, 0) is 9.59 Å². The summed E-state index contributed by atoms with van der Waals surface area (Å²) in [4.78, 5) is 21.5. The molecule has 1 aromatic carbocycles. The van der Waals surface area contributed by atoms with Crippen molar-refractivity contribution in [2.45, 2.75) is 12.5 Å². The zero-order valence-corrected chi connectivity index (χ0v) is 11.5. The molecule has 0 spiro atoms. The van der Waals surface area contributed by atoms with E-state index in [0.717, 1.165) is 0 Å². The SMILES string of the molecule is COc1cc([C@@H](CC(=O)O)NC=O)cc(OC)c1OC. The number of ether oxygens (including phenoxy) is 3. The van der Waals surface area contributed by atoms with Gasteiger partial charge >= 0.3 is 5.97 Å². The molecule has 20 heavy (non-hydrogen) atoms. The number of methoxy groups -OCH3 is 3. The first-order valence-corrected chi connectivity index (χ1v) is 5.78. The molecule has 1 amide bonds. The van der Waals surface area contributed by atoms with Gasteiger partial charge in [-0.15, -0.1) is 0 Å². The van der Waals surface area contributed by atoms with Crippen LogP contribution in [-0.4, -0.2) is 38.8 Å². The largest absolute Gasteiger partial charge is 0.493 e. The van der Waals surface area contributed by atoms with E-state index in [4.69, 9.17) is 19.3 Å². The molecule has 0 bridgehead atoms. The monoisotopic (exact) mass is 283 g/mol. The summed E-state index contributed by atoms with van der Waals surface area (Å²) >= 11 is 0. The average molecular weight is 283 g/mol. The van der Waals surface area contributed by atoms with Crippen LogP contribution in [0.15, 0.2) is 12.1 Å². The molecule has 0 fully saturated rings. The van der Waals surface area contributed by atoms with Gasteiger partial charge in [0, 0.05) is 0 Å². The smallest absolute Gasteiger partial charge is 0.305 e. The van der Waals surface area contributed by atoms with Crippen molar-refractivity contribution in [1.29, 1.82) is 0 Å². The van der Waals surface area contributed by atoms with Gasteiger partial charge in [-0.05, 0) is 17.7 Å². The number of amides is 1. The average Bonchev–Trinajstić information content (AvgIpc) is 2.44. The summed E-state index contributed by atoms with van der Waals surface area (Å²) in [6, 6.07) is 2.52. The molecule has 0 unspecified atom stereocenters. The van der Waals surface area contributed by atoms with Gasteiger partial charge in [0.2, 0.25) is 12.2 Å². The molecule has 0 heterocycles. The highest BCUT2D eigenvalue weighted by atomic mass is 16.5. The maximum Gasteiger partial charge on any atom is 0.305 e. The van der Waals surface area contributed by atoms with Crippen LogP contribution in [0.4, 0.5) is 0 Å². The number of benzene rings is 1. The molecule has 2 N–H and O–H groups in total. The molecular weight excluding hydrogens is 266 g/mol. The summed E-state index contributed by atoms with van der Waals surface area (Å²) in [6.07, 6.45) is 0.203. The molecule has 1 aromatic rings. The van der Waals surface area contributed by atoms with Crippen LogP contribution in [0.3, 0.4) is 0 Å². The van der Waals surface area contributed by atoms with Crippen molar-refractivity contribution in [3.05, 3.63) is 17.7 Å². The normalized spacial score (nSPS) is 11.3. The van der Waals surface area contributed by atoms with E-state index >= 15 is 0 Å². The van der Waals surface area contributed by atoms with Crippen molar-refractivity contribution < 1.29 is 28.9 Å². The first-order valence-electron chi connectivity index (χ1n) is 5.78. The van der Waals surface area contributed by atoms with Gasteiger partial charge in [0.05, 0.1) is 33.8 Å². The number of carbonyl (C=O) groups excluding carboxylic acids is 1. The Hall–Kier alpha value is -2.44. The zero-order valence-electron chi connectivity index (χ0n) is 11.5. The number of hydrogen-bond donors (Lipinski definition) is 2. The minimum atomic E-state index is -1.03. The molecule has 0 aliphatic rings. The summed E-state index contributed by atoms with van der Waals surface area (Å²) in [5, 5.41) is 11.3. The Bertz CT molecular complexity index is 463. The Morgan fingerprint density at radius 1 is 1.25 bits per heavy atom. The van der Waals surface area contributed by atoms with Crippen LogP contribution >= 0.6 is 0 Å². The lowest BCUT2D eigenvalue weighted by molar-refractivity contribution is -0.137. The van der Waals surface area contributed by atoms with Gasteiger partial charge < -0.3 is 24.6 Å². The van der Waals surface area contributed by atoms with Crippen molar-refractivity contribution in [1.82, 2.24) is 5.32 Å². The fourth-order valence-electron chi connectivity index (χ4n) is 1.83. The Balaban J connectivity index is 3.27. The molecule has 0 aliphatic heterocycles. The minimum Gasteiger partial charge on any atom is -0.493 e. The highest BCUT2D eigenvalue weighted by molar-refractivity contribution is 5.69. The maximum atomic E-state index is 10.8. The fourth-order valence-corrected chi connectivity index (χ4v) is 1.83. The summed E-state index contributed by atoms with van der Waals surface area (Å²) in [5.74, 6) is 0.159. The van der Waals surface area contributed by atoms with E-state index in [9.17, 15) is 9.59 Å². The molecule has 110 valence electrons. The second kappa shape index (κ2) is 7.22. The number of rotatable bonds is 8. The Labute approximate surface area is 116 Å². The molecule has 0 saturated heterocycles. The van der Waals surface area contributed by atoms with Crippen LogP contribution < -0.4 is 19.5 Å². The Kier molecular flexibility index (Phi) is 5.64. The maximum absolute atomic E-state index is 10.8. The molecule has 0 aliphatic carbocycles. The number of nitrogens with one attached hydrogen (secondary N) is 1. The number of carboxylic acids is 1. The second-order valence-corrected chi connectivity index (χ2v) is 3.89. The van der Waals surface area contributed by atoms with E-state index in [2.05, 4.69) is 5.32 Å². The number of hydrogen-bond acceptors (Lipinski definition) is 5. The van der Waals surface area contributed by atoms with Gasteiger partial charge in [0.1, 0.15) is 0 Å². The topological polar surface area (TPSA) is 94.1 Å². The van der Waals surface area contributed by atoms with E-state index in [1.165, 1.54) is 21.3 Å². The lowest BCUT2D eigenvalue weighted by Gasteiger charge is -2.19. The van der Waals surface area contributed by atoms with Gasteiger partial charge in [-0.3, -0.25) is 9.59 Å². The number of aliphatic carboxylic acids is 1. The van der Waals surface area contributed by atoms with Crippen LogP contribution in [0.1, 0.15) is 18.0 Å². The molecule has 0 saturated carbocycles. The summed E-state index contributed by atoms with van der Waals surface area (Å²) < 4.78 is 15.5. The fraction of sp³-hybridized carbons (Fsp3) is 0.385. The highest BCUT2D eigenvalue weighted by Crippen LogP contribution is 2.40. The van der Waals surface area contributed by atoms with Gasteiger partial charge in [-0.2, -0.15) is 0 Å². The quantitative estimate of drug-likeness (QED) is 0.690. The third-order valence-corrected chi connectivity index (χ3v) is 2.74. The summed E-state index contributed by atoms with van der Waals surface area (Å²) in [7, 11) is 4.39. The predicted molar refractivity (Wildman–Crippen MR) is 70.3 cm³/mol. The predicted octanol–water partition coefficient (Wildman–Crippen LogP) is 0.974. The molecule has 0 radical (unpaired) electrons. The van der Waals surface area contributed by atoms with Gasteiger partial charge in [-0.25, -0.2) is 0 Å². The van der Waals surface area contributed by atoms with Crippen LogP contribution in [0.2, 0.25) is 0 Å². The summed E-state index contributed by atoms with van der Waals surface area (Å²) in [5.41, 5.74) is 0.550. The Morgan fingerprint density at radius 2 is 1.80 bits per heavy atom. The molecule has 1 rings (SSSR count). The third kappa shape index (κ3) is 3.53. The van der Waals surface area contributed by atoms with Gasteiger partial charge in [-0.1, -0.05) is 0 Å². The first kappa shape index (κ1) is 15.6. The zero-order chi connectivity index (χ0) is 15.1. The number of carboxylic acid groups (broad SMARTS) is 1. The van der Waals surface area contributed by atoms with Crippen molar-refractivity contribution in [2.75, 3.05) is 21.3 Å². The molecule has 7 heteroatoms. The van der Waals surface area contributed by atoms with E-state index in [1.54, 1.807) is 12.1 Å². The van der Waals surface area contributed by atoms with Crippen molar-refractivity contribution in [2.24, 2.45) is 0 Å². The van der Waals surface area contributed by atoms with Gasteiger partial charge in [0.15, 0.2) is 11.5 Å². The lowest BCUT2D eigenvalue weighted by Crippen LogP contribution is -2.22. The molecular formula is C13H17NO6. The highest BCUT2D eigenvalue weighted by Gasteiger charge is 2.20. The lowest BCUT2D eigenvalue weighted by atomic mass is 10.0. The van der Waals surface area contributed by atoms with E-state index in [0.29, 0.717) is 29.2 Å². The van der Waals surface area contributed by atoms with E-state index in [-0.39, 0.29) is 6.42 Å².